The number of nitrogens with two attached hydrogens (primary N) is 1. The molecular formula is C18H17NO4. The van der Waals surface area contributed by atoms with Gasteiger partial charge in [-0.05, 0) is 0 Å². The molecule has 23 heavy (non-hydrogen) atoms. The minimum atomic E-state index is -1.14. The van der Waals surface area contributed by atoms with Gasteiger partial charge in [0.15, 0.2) is 5.78 Å². The molecule has 0 heterocycles. The first-order chi connectivity index (χ1) is 11.1. The molecule has 2 rings (SSSR count). The molecule has 2 aromatic carbocycles. The maximum Gasteiger partial charge on any atom is 0.307 e. The lowest BCUT2D eigenvalue weighted by Crippen LogP contribution is -2.26. The molecule has 0 aliphatic heterocycles. The Kier molecular flexibility index (Phi) is 5.63. The Morgan fingerprint density at radius 2 is 1.43 bits per heavy atom. The van der Waals surface area contributed by atoms with Crippen LogP contribution in [0.4, 0.5) is 0 Å². The van der Waals surface area contributed by atoms with Crippen LogP contribution in [0.15, 0.2) is 60.7 Å². The lowest BCUT2D eigenvalue weighted by Gasteiger charge is -2.14. The summed E-state index contributed by atoms with van der Waals surface area (Å²) in [6, 6.07) is 17.2. The molecule has 0 bridgehead atoms. The standard InChI is InChI=1S/C18H17NO4/c19-18(22)17(14-9-5-2-6-10-14)23-16(21)12-11-15(20)13-7-3-1-4-8-13/h1-10,17H,11-12H2,(H2,19,22)/t17-/m0/s1. The largest absolute Gasteiger partial charge is 0.447 e. The topological polar surface area (TPSA) is 86.5 Å². The first kappa shape index (κ1) is 16.4. The summed E-state index contributed by atoms with van der Waals surface area (Å²) in [5.41, 5.74) is 6.32. The van der Waals surface area contributed by atoms with Gasteiger partial charge in [-0.15, -0.1) is 0 Å². The van der Waals surface area contributed by atoms with Crippen LogP contribution in [0, 0.1) is 0 Å². The summed E-state index contributed by atoms with van der Waals surface area (Å²) in [4.78, 5) is 35.3. The Morgan fingerprint density at radius 3 is 2.00 bits per heavy atom. The van der Waals surface area contributed by atoms with Gasteiger partial charge in [0, 0.05) is 17.5 Å². The van der Waals surface area contributed by atoms with Crippen LogP contribution in [0.3, 0.4) is 0 Å². The van der Waals surface area contributed by atoms with Crippen LogP contribution >= 0.6 is 0 Å². The smallest absolute Gasteiger partial charge is 0.307 e. The fourth-order valence-electron chi connectivity index (χ4n) is 2.09. The number of Topliss-reactive ketones (excluding diaryl/α,β-unsaturated/α-hetero) is 1. The van der Waals surface area contributed by atoms with Crippen LogP contribution in [0.25, 0.3) is 0 Å². The Hall–Kier alpha value is -2.95. The first-order valence-electron chi connectivity index (χ1n) is 7.20. The van der Waals surface area contributed by atoms with Gasteiger partial charge in [0.05, 0.1) is 6.42 Å². The number of carbonyl (C=O) groups is 3. The van der Waals surface area contributed by atoms with E-state index in [0.29, 0.717) is 11.1 Å². The summed E-state index contributed by atoms with van der Waals surface area (Å²) in [5, 5.41) is 0. The molecule has 1 amide bonds. The van der Waals surface area contributed by atoms with Crippen LogP contribution in [-0.2, 0) is 14.3 Å². The van der Waals surface area contributed by atoms with Gasteiger partial charge in [-0.3, -0.25) is 14.4 Å². The fraction of sp³-hybridized carbons (Fsp3) is 0.167. The second-order valence-electron chi connectivity index (χ2n) is 4.97. The third-order valence-electron chi connectivity index (χ3n) is 3.26. The van der Waals surface area contributed by atoms with Crippen molar-refractivity contribution in [2.24, 2.45) is 5.73 Å². The summed E-state index contributed by atoms with van der Waals surface area (Å²) in [6.07, 6.45) is -1.23. The number of ether oxygens (including phenoxy) is 1. The van der Waals surface area contributed by atoms with Gasteiger partial charge < -0.3 is 10.5 Å². The van der Waals surface area contributed by atoms with E-state index in [0.717, 1.165) is 0 Å². The van der Waals surface area contributed by atoms with Crippen molar-refractivity contribution >= 4 is 17.7 Å². The van der Waals surface area contributed by atoms with E-state index in [9.17, 15) is 14.4 Å². The highest BCUT2D eigenvalue weighted by molar-refractivity contribution is 5.97. The van der Waals surface area contributed by atoms with E-state index < -0.39 is 18.0 Å². The number of rotatable bonds is 7. The molecular weight excluding hydrogens is 294 g/mol. The van der Waals surface area contributed by atoms with E-state index in [1.54, 1.807) is 54.6 Å². The van der Waals surface area contributed by atoms with Gasteiger partial charge in [-0.25, -0.2) is 0 Å². The van der Waals surface area contributed by atoms with Gasteiger partial charge in [0.2, 0.25) is 6.10 Å². The zero-order chi connectivity index (χ0) is 16.7. The molecule has 0 saturated carbocycles. The molecule has 5 nitrogen and oxygen atoms in total. The van der Waals surface area contributed by atoms with E-state index in [1.165, 1.54) is 0 Å². The van der Waals surface area contributed by atoms with Gasteiger partial charge in [-0.1, -0.05) is 60.7 Å². The number of benzene rings is 2. The van der Waals surface area contributed by atoms with Gasteiger partial charge in [0.1, 0.15) is 0 Å². The lowest BCUT2D eigenvalue weighted by molar-refractivity contribution is -0.155. The quantitative estimate of drug-likeness (QED) is 0.628. The summed E-state index contributed by atoms with van der Waals surface area (Å²) in [5.74, 6) is -1.54. The molecule has 0 aromatic heterocycles. The minimum absolute atomic E-state index is 0.0170. The predicted octanol–water partition coefficient (Wildman–Crippen LogP) is 2.42. The molecule has 1 atom stereocenters. The van der Waals surface area contributed by atoms with Crippen LogP contribution in [0.2, 0.25) is 0 Å². The number of carbonyl (C=O) groups excluding carboxylic acids is 3. The summed E-state index contributed by atoms with van der Waals surface area (Å²) in [7, 11) is 0. The second-order valence-corrected chi connectivity index (χ2v) is 4.97. The molecule has 2 N–H and O–H groups in total. The molecule has 0 radical (unpaired) electrons. The number of esters is 1. The zero-order valence-electron chi connectivity index (χ0n) is 12.5. The average molecular weight is 311 g/mol. The second kappa shape index (κ2) is 7.89. The van der Waals surface area contributed by atoms with Crippen molar-refractivity contribution in [2.75, 3.05) is 0 Å². The maximum absolute atomic E-state index is 11.9. The number of ketones is 1. The predicted molar refractivity (Wildman–Crippen MR) is 84.5 cm³/mol. The molecule has 0 aliphatic rings. The summed E-state index contributed by atoms with van der Waals surface area (Å²) < 4.78 is 5.12. The van der Waals surface area contributed by atoms with Gasteiger partial charge in [-0.2, -0.15) is 0 Å². The molecule has 5 heteroatoms. The maximum atomic E-state index is 11.9. The zero-order valence-corrected chi connectivity index (χ0v) is 12.5. The number of hydrogen-bond donors (Lipinski definition) is 1. The third kappa shape index (κ3) is 4.78. The Bertz CT molecular complexity index is 683. The van der Waals surface area contributed by atoms with Crippen LogP contribution in [0.5, 0.6) is 0 Å². The van der Waals surface area contributed by atoms with Crippen molar-refractivity contribution in [2.45, 2.75) is 18.9 Å². The first-order valence-corrected chi connectivity index (χ1v) is 7.20. The Balaban J connectivity index is 1.93. The molecule has 2 aromatic rings. The van der Waals surface area contributed by atoms with Crippen molar-refractivity contribution in [1.82, 2.24) is 0 Å². The molecule has 118 valence electrons. The fourth-order valence-corrected chi connectivity index (χ4v) is 2.09. The monoisotopic (exact) mass is 311 g/mol. The van der Waals surface area contributed by atoms with E-state index in [2.05, 4.69) is 0 Å². The average Bonchev–Trinajstić information content (AvgIpc) is 2.58. The van der Waals surface area contributed by atoms with Gasteiger partial charge in [0.25, 0.3) is 5.91 Å². The highest BCUT2D eigenvalue weighted by atomic mass is 16.5. The molecule has 0 aliphatic carbocycles. The normalized spacial score (nSPS) is 11.5. The molecule has 0 spiro atoms. The SMILES string of the molecule is NC(=O)[C@@H](OC(=O)CCC(=O)c1ccccc1)c1ccccc1. The van der Waals surface area contributed by atoms with Crippen molar-refractivity contribution in [3.63, 3.8) is 0 Å². The number of hydrogen-bond acceptors (Lipinski definition) is 4. The Morgan fingerprint density at radius 1 is 0.870 bits per heavy atom. The van der Waals surface area contributed by atoms with Crippen LogP contribution < -0.4 is 5.73 Å². The summed E-state index contributed by atoms with van der Waals surface area (Å²) in [6.45, 7) is 0. The minimum Gasteiger partial charge on any atom is -0.447 e. The van der Waals surface area contributed by atoms with Crippen molar-refractivity contribution in [3.8, 4) is 0 Å². The van der Waals surface area contributed by atoms with Crippen LogP contribution in [0.1, 0.15) is 34.9 Å². The molecule has 0 unspecified atom stereocenters. The van der Waals surface area contributed by atoms with Crippen molar-refractivity contribution in [3.05, 3.63) is 71.8 Å². The van der Waals surface area contributed by atoms with E-state index in [1.807, 2.05) is 6.07 Å². The lowest BCUT2D eigenvalue weighted by atomic mass is 10.1. The van der Waals surface area contributed by atoms with E-state index >= 15 is 0 Å². The van der Waals surface area contributed by atoms with E-state index in [4.69, 9.17) is 10.5 Å². The summed E-state index contributed by atoms with van der Waals surface area (Å²) >= 11 is 0. The van der Waals surface area contributed by atoms with Crippen molar-refractivity contribution in [1.29, 1.82) is 0 Å². The Labute approximate surface area is 134 Å². The third-order valence-corrected chi connectivity index (χ3v) is 3.26. The number of primary amides is 1. The van der Waals surface area contributed by atoms with Gasteiger partial charge >= 0.3 is 5.97 Å². The highest BCUT2D eigenvalue weighted by Gasteiger charge is 2.22. The highest BCUT2D eigenvalue weighted by Crippen LogP contribution is 2.18. The van der Waals surface area contributed by atoms with Crippen molar-refractivity contribution < 1.29 is 19.1 Å². The molecule has 0 saturated heterocycles. The molecule has 0 fully saturated rings. The van der Waals surface area contributed by atoms with Crippen LogP contribution in [-0.4, -0.2) is 17.7 Å². The number of amides is 1. The van der Waals surface area contributed by atoms with E-state index in [-0.39, 0.29) is 18.6 Å².